The highest BCUT2D eigenvalue weighted by molar-refractivity contribution is 7.09. The largest absolute Gasteiger partial charge is 0.477 e. The van der Waals surface area contributed by atoms with Gasteiger partial charge in [-0.15, -0.1) is 22.9 Å². The van der Waals surface area contributed by atoms with Gasteiger partial charge in [-0.3, -0.25) is 0 Å². The van der Waals surface area contributed by atoms with Gasteiger partial charge in [-0.1, -0.05) is 12.1 Å². The van der Waals surface area contributed by atoms with E-state index >= 15 is 0 Å². The molecule has 0 amide bonds. The van der Waals surface area contributed by atoms with Crippen LogP contribution in [0.25, 0.3) is 0 Å². The first-order valence-corrected chi connectivity index (χ1v) is 6.46. The van der Waals surface area contributed by atoms with Gasteiger partial charge < -0.3 is 4.74 Å². The Bertz CT molecular complexity index is 413. The summed E-state index contributed by atoms with van der Waals surface area (Å²) >= 11 is 7.42. The van der Waals surface area contributed by atoms with E-state index < -0.39 is 0 Å². The van der Waals surface area contributed by atoms with Crippen LogP contribution in [-0.2, 0) is 12.3 Å². The summed E-state index contributed by atoms with van der Waals surface area (Å²) < 4.78 is 5.53. The first-order chi connectivity index (χ1) is 7.88. The number of hydrogen-bond acceptors (Lipinski definition) is 3. The van der Waals surface area contributed by atoms with Crippen molar-refractivity contribution in [2.75, 3.05) is 6.61 Å². The Morgan fingerprint density at radius 3 is 2.88 bits per heavy atom. The summed E-state index contributed by atoms with van der Waals surface area (Å²) in [5.74, 6) is 1.15. The summed E-state index contributed by atoms with van der Waals surface area (Å²) in [7, 11) is 0. The summed E-state index contributed by atoms with van der Waals surface area (Å²) in [5, 5.41) is 2.07. The maximum Gasteiger partial charge on any atom is 0.213 e. The minimum Gasteiger partial charge on any atom is -0.477 e. The van der Waals surface area contributed by atoms with Gasteiger partial charge in [-0.05, 0) is 17.0 Å². The molecule has 2 nitrogen and oxygen atoms in total. The summed E-state index contributed by atoms with van der Waals surface area (Å²) in [6.45, 7) is 0.660. The molecule has 0 saturated heterocycles. The van der Waals surface area contributed by atoms with Crippen LogP contribution in [0.15, 0.2) is 35.8 Å². The van der Waals surface area contributed by atoms with Crippen LogP contribution in [0.4, 0.5) is 0 Å². The molecule has 0 aliphatic carbocycles. The maximum atomic E-state index is 5.67. The molecular formula is C12H12ClNOS. The normalized spacial score (nSPS) is 10.3. The van der Waals surface area contributed by atoms with Gasteiger partial charge in [0, 0.05) is 29.4 Å². The molecule has 0 aliphatic heterocycles. The number of thiophene rings is 1. The van der Waals surface area contributed by atoms with Crippen LogP contribution < -0.4 is 4.74 Å². The molecule has 0 radical (unpaired) electrons. The third-order valence-corrected chi connectivity index (χ3v) is 3.38. The molecule has 0 aromatic carbocycles. The molecule has 2 aromatic heterocycles. The Kier molecular flexibility index (Phi) is 4.19. The minimum atomic E-state index is 0.489. The molecule has 4 heteroatoms. The van der Waals surface area contributed by atoms with Crippen molar-refractivity contribution in [3.8, 4) is 5.88 Å². The highest BCUT2D eigenvalue weighted by Gasteiger charge is 1.98. The quantitative estimate of drug-likeness (QED) is 0.761. The van der Waals surface area contributed by atoms with Crippen LogP contribution >= 0.6 is 22.9 Å². The standard InChI is InChI=1S/C12H12ClNOS/c13-8-10-3-4-12(14-9-10)15-6-5-11-2-1-7-16-11/h1-4,7,9H,5-6,8H2. The lowest BCUT2D eigenvalue weighted by molar-refractivity contribution is 0.310. The van der Waals surface area contributed by atoms with Crippen LogP contribution in [0.5, 0.6) is 5.88 Å². The first kappa shape index (κ1) is 11.4. The lowest BCUT2D eigenvalue weighted by atomic mass is 10.3. The molecule has 0 saturated carbocycles. The Hall–Kier alpha value is -1.06. The molecule has 84 valence electrons. The minimum absolute atomic E-state index is 0.489. The number of ether oxygens (including phenoxy) is 1. The maximum absolute atomic E-state index is 5.67. The molecule has 0 atom stereocenters. The number of halogens is 1. The van der Waals surface area contributed by atoms with Crippen molar-refractivity contribution in [3.63, 3.8) is 0 Å². The molecule has 0 fully saturated rings. The number of nitrogens with zero attached hydrogens (tertiary/aromatic N) is 1. The number of rotatable bonds is 5. The zero-order chi connectivity index (χ0) is 11.2. The van der Waals surface area contributed by atoms with Gasteiger partial charge in [-0.25, -0.2) is 4.98 Å². The van der Waals surface area contributed by atoms with Gasteiger partial charge in [0.05, 0.1) is 6.61 Å². The van der Waals surface area contributed by atoms with E-state index in [2.05, 4.69) is 16.4 Å². The number of alkyl halides is 1. The average Bonchev–Trinajstić information content (AvgIpc) is 2.83. The predicted octanol–water partition coefficient (Wildman–Crippen LogP) is 3.50. The van der Waals surface area contributed by atoms with E-state index in [1.54, 1.807) is 17.5 Å². The van der Waals surface area contributed by atoms with Crippen LogP contribution in [-0.4, -0.2) is 11.6 Å². The molecule has 0 aliphatic rings. The average molecular weight is 254 g/mol. The monoisotopic (exact) mass is 253 g/mol. The van der Waals surface area contributed by atoms with E-state index in [1.165, 1.54) is 4.88 Å². The van der Waals surface area contributed by atoms with E-state index in [9.17, 15) is 0 Å². The van der Waals surface area contributed by atoms with Gasteiger partial charge in [0.2, 0.25) is 5.88 Å². The van der Waals surface area contributed by atoms with Crippen LogP contribution in [0.3, 0.4) is 0 Å². The van der Waals surface area contributed by atoms with Crippen LogP contribution in [0.2, 0.25) is 0 Å². The summed E-state index contributed by atoms with van der Waals surface area (Å²) in [4.78, 5) is 5.50. The van der Waals surface area contributed by atoms with Gasteiger partial charge in [0.25, 0.3) is 0 Å². The topological polar surface area (TPSA) is 22.1 Å². The van der Waals surface area contributed by atoms with E-state index in [0.717, 1.165) is 12.0 Å². The highest BCUT2D eigenvalue weighted by Crippen LogP contribution is 2.12. The van der Waals surface area contributed by atoms with Crippen molar-refractivity contribution >= 4 is 22.9 Å². The number of hydrogen-bond donors (Lipinski definition) is 0. The Labute approximate surface area is 104 Å². The second-order valence-electron chi connectivity index (χ2n) is 3.32. The zero-order valence-corrected chi connectivity index (χ0v) is 10.3. The van der Waals surface area contributed by atoms with Crippen molar-refractivity contribution in [3.05, 3.63) is 46.3 Å². The summed E-state index contributed by atoms with van der Waals surface area (Å²) in [6, 6.07) is 7.94. The van der Waals surface area contributed by atoms with Crippen molar-refractivity contribution in [2.45, 2.75) is 12.3 Å². The molecule has 16 heavy (non-hydrogen) atoms. The fraction of sp³-hybridized carbons (Fsp3) is 0.250. The van der Waals surface area contributed by atoms with Crippen molar-refractivity contribution in [1.29, 1.82) is 0 Å². The smallest absolute Gasteiger partial charge is 0.213 e. The molecule has 2 aromatic rings. The molecule has 2 rings (SSSR count). The Balaban J connectivity index is 1.81. The summed E-state index contributed by atoms with van der Waals surface area (Å²) in [5.41, 5.74) is 1.01. The Morgan fingerprint density at radius 1 is 1.31 bits per heavy atom. The number of aromatic nitrogens is 1. The predicted molar refractivity (Wildman–Crippen MR) is 67.3 cm³/mol. The third-order valence-electron chi connectivity index (χ3n) is 2.13. The Morgan fingerprint density at radius 2 is 2.25 bits per heavy atom. The second-order valence-corrected chi connectivity index (χ2v) is 4.62. The van der Waals surface area contributed by atoms with Gasteiger partial charge in [0.15, 0.2) is 0 Å². The molecule has 0 unspecified atom stereocenters. The summed E-state index contributed by atoms with van der Waals surface area (Å²) in [6.07, 6.45) is 2.67. The van der Waals surface area contributed by atoms with Crippen molar-refractivity contribution in [1.82, 2.24) is 4.98 Å². The van der Waals surface area contributed by atoms with E-state index in [1.807, 2.05) is 18.2 Å². The molecular weight excluding hydrogens is 242 g/mol. The van der Waals surface area contributed by atoms with Crippen molar-refractivity contribution < 1.29 is 4.74 Å². The van der Waals surface area contributed by atoms with Crippen LogP contribution in [0.1, 0.15) is 10.4 Å². The molecule has 2 heterocycles. The number of pyridine rings is 1. The molecule has 0 spiro atoms. The fourth-order valence-electron chi connectivity index (χ4n) is 1.29. The van der Waals surface area contributed by atoms with Gasteiger partial charge >= 0.3 is 0 Å². The first-order valence-electron chi connectivity index (χ1n) is 5.04. The second kappa shape index (κ2) is 5.87. The lowest BCUT2D eigenvalue weighted by Gasteiger charge is -2.04. The van der Waals surface area contributed by atoms with E-state index in [4.69, 9.17) is 16.3 Å². The van der Waals surface area contributed by atoms with Crippen LogP contribution in [0, 0.1) is 0 Å². The van der Waals surface area contributed by atoms with Crippen molar-refractivity contribution in [2.24, 2.45) is 0 Å². The molecule has 0 N–H and O–H groups in total. The molecule has 0 bridgehead atoms. The fourth-order valence-corrected chi connectivity index (χ4v) is 2.13. The zero-order valence-electron chi connectivity index (χ0n) is 8.73. The SMILES string of the molecule is ClCc1ccc(OCCc2cccs2)nc1. The lowest BCUT2D eigenvalue weighted by Crippen LogP contribution is -2.01. The highest BCUT2D eigenvalue weighted by atomic mass is 35.5. The van der Waals surface area contributed by atoms with Gasteiger partial charge in [-0.2, -0.15) is 0 Å². The van der Waals surface area contributed by atoms with Gasteiger partial charge in [0.1, 0.15) is 0 Å². The van der Waals surface area contributed by atoms with E-state index in [0.29, 0.717) is 18.4 Å². The van der Waals surface area contributed by atoms with E-state index in [-0.39, 0.29) is 0 Å². The third kappa shape index (κ3) is 3.22.